The minimum absolute atomic E-state index is 0.0695. The summed E-state index contributed by atoms with van der Waals surface area (Å²) in [6, 6.07) is 8.38. The van der Waals surface area contributed by atoms with E-state index in [4.69, 9.17) is 9.26 Å². The molecule has 120 valence electrons. The predicted octanol–water partition coefficient (Wildman–Crippen LogP) is 1.71. The van der Waals surface area contributed by atoms with Crippen molar-refractivity contribution < 1.29 is 18.8 Å². The van der Waals surface area contributed by atoms with Crippen molar-refractivity contribution in [2.75, 3.05) is 31.6 Å². The predicted molar refractivity (Wildman–Crippen MR) is 82.4 cm³/mol. The lowest BCUT2D eigenvalue weighted by Gasteiger charge is -2.27. The van der Waals surface area contributed by atoms with Crippen molar-refractivity contribution in [1.82, 2.24) is 10.1 Å². The van der Waals surface area contributed by atoms with Crippen LogP contribution in [0.1, 0.15) is 26.6 Å². The van der Waals surface area contributed by atoms with E-state index < -0.39 is 5.91 Å². The summed E-state index contributed by atoms with van der Waals surface area (Å²) in [5, 5.41) is 6.38. The van der Waals surface area contributed by atoms with Crippen molar-refractivity contribution in [2.24, 2.45) is 0 Å². The van der Waals surface area contributed by atoms with E-state index in [1.54, 1.807) is 42.2 Å². The zero-order valence-electron chi connectivity index (χ0n) is 12.7. The van der Waals surface area contributed by atoms with Crippen molar-refractivity contribution in [3.8, 4) is 0 Å². The van der Waals surface area contributed by atoms with E-state index in [-0.39, 0.29) is 11.7 Å². The van der Waals surface area contributed by atoms with Crippen molar-refractivity contribution in [3.05, 3.63) is 47.3 Å². The van der Waals surface area contributed by atoms with Gasteiger partial charge in [0, 0.05) is 30.4 Å². The summed E-state index contributed by atoms with van der Waals surface area (Å²) in [6.45, 7) is 3.99. The third-order valence-electron chi connectivity index (χ3n) is 3.52. The molecule has 0 atom stereocenters. The molecule has 1 fully saturated rings. The topological polar surface area (TPSA) is 84.7 Å². The lowest BCUT2D eigenvalue weighted by Crippen LogP contribution is -2.40. The summed E-state index contributed by atoms with van der Waals surface area (Å²) in [5.74, 6) is -0.339. The van der Waals surface area contributed by atoms with E-state index in [1.165, 1.54) is 0 Å². The zero-order valence-corrected chi connectivity index (χ0v) is 12.7. The number of hydrogen-bond donors (Lipinski definition) is 1. The molecule has 1 aliphatic rings. The Morgan fingerprint density at radius 3 is 2.70 bits per heavy atom. The zero-order chi connectivity index (χ0) is 16.2. The molecule has 0 radical (unpaired) electrons. The van der Waals surface area contributed by atoms with Crippen molar-refractivity contribution in [3.63, 3.8) is 0 Å². The molecule has 0 aliphatic carbocycles. The summed E-state index contributed by atoms with van der Waals surface area (Å²) in [5.41, 5.74) is 1.69. The number of morpholine rings is 1. The second kappa shape index (κ2) is 6.62. The van der Waals surface area contributed by atoms with Gasteiger partial charge in [0.25, 0.3) is 11.8 Å². The van der Waals surface area contributed by atoms with Crippen LogP contribution in [0.4, 0.5) is 5.69 Å². The quantitative estimate of drug-likeness (QED) is 0.932. The van der Waals surface area contributed by atoms with Crippen LogP contribution in [0.3, 0.4) is 0 Å². The van der Waals surface area contributed by atoms with Crippen LogP contribution >= 0.6 is 0 Å². The van der Waals surface area contributed by atoms with E-state index in [9.17, 15) is 9.59 Å². The number of anilines is 1. The number of hydrogen-bond acceptors (Lipinski definition) is 5. The van der Waals surface area contributed by atoms with Crippen LogP contribution in [0.15, 0.2) is 34.9 Å². The molecule has 0 unspecified atom stereocenters. The van der Waals surface area contributed by atoms with Gasteiger partial charge in [-0.05, 0) is 25.1 Å². The smallest absolute Gasteiger partial charge is 0.294 e. The van der Waals surface area contributed by atoms with Gasteiger partial charge < -0.3 is 19.5 Å². The molecule has 2 aromatic rings. The third kappa shape index (κ3) is 3.57. The Hall–Kier alpha value is -2.67. The summed E-state index contributed by atoms with van der Waals surface area (Å²) in [6.07, 6.45) is 0. The Kier molecular flexibility index (Phi) is 4.38. The number of nitrogens with one attached hydrogen (secondary N) is 1. The number of nitrogens with zero attached hydrogens (tertiary/aromatic N) is 2. The molecule has 2 heterocycles. The molecule has 1 aliphatic heterocycles. The number of aromatic nitrogens is 1. The van der Waals surface area contributed by atoms with Crippen LogP contribution in [0.2, 0.25) is 0 Å². The van der Waals surface area contributed by atoms with Crippen LogP contribution in [0.5, 0.6) is 0 Å². The fourth-order valence-corrected chi connectivity index (χ4v) is 2.34. The first-order chi connectivity index (χ1) is 11.1. The molecular formula is C16H17N3O4. The molecule has 2 amide bonds. The van der Waals surface area contributed by atoms with Gasteiger partial charge in [0.15, 0.2) is 0 Å². The van der Waals surface area contributed by atoms with E-state index in [0.717, 1.165) is 0 Å². The Balaban J connectivity index is 1.71. The molecule has 0 saturated carbocycles. The highest BCUT2D eigenvalue weighted by Gasteiger charge is 2.19. The second-order valence-corrected chi connectivity index (χ2v) is 5.27. The fourth-order valence-electron chi connectivity index (χ4n) is 2.34. The molecule has 1 N–H and O–H groups in total. The van der Waals surface area contributed by atoms with E-state index >= 15 is 0 Å². The van der Waals surface area contributed by atoms with Crippen molar-refractivity contribution in [1.29, 1.82) is 0 Å². The monoisotopic (exact) mass is 315 g/mol. The van der Waals surface area contributed by atoms with Crippen LogP contribution < -0.4 is 5.32 Å². The van der Waals surface area contributed by atoms with Gasteiger partial charge in [0.2, 0.25) is 5.76 Å². The molecule has 0 spiro atoms. The van der Waals surface area contributed by atoms with E-state index in [1.807, 2.05) is 0 Å². The molecule has 7 nitrogen and oxygen atoms in total. The van der Waals surface area contributed by atoms with Crippen LogP contribution in [0.25, 0.3) is 0 Å². The number of benzene rings is 1. The van der Waals surface area contributed by atoms with Crippen molar-refractivity contribution >= 4 is 17.5 Å². The number of amides is 2. The minimum Gasteiger partial charge on any atom is -0.378 e. The molecule has 7 heteroatoms. The van der Waals surface area contributed by atoms with Gasteiger partial charge in [-0.1, -0.05) is 11.2 Å². The average molecular weight is 315 g/mol. The summed E-state index contributed by atoms with van der Waals surface area (Å²) >= 11 is 0. The van der Waals surface area contributed by atoms with Gasteiger partial charge in [-0.3, -0.25) is 9.59 Å². The van der Waals surface area contributed by atoms with Crippen LogP contribution in [0, 0.1) is 6.92 Å². The highest BCUT2D eigenvalue weighted by atomic mass is 16.5. The van der Waals surface area contributed by atoms with Gasteiger partial charge in [-0.25, -0.2) is 0 Å². The Bertz CT molecular complexity index is 720. The lowest BCUT2D eigenvalue weighted by molar-refractivity contribution is 0.0303. The third-order valence-corrected chi connectivity index (χ3v) is 3.52. The minimum atomic E-state index is -0.401. The largest absolute Gasteiger partial charge is 0.378 e. The molecule has 23 heavy (non-hydrogen) atoms. The summed E-state index contributed by atoms with van der Waals surface area (Å²) in [4.78, 5) is 26.2. The van der Waals surface area contributed by atoms with Crippen LogP contribution in [-0.4, -0.2) is 48.2 Å². The van der Waals surface area contributed by atoms with Gasteiger partial charge >= 0.3 is 0 Å². The van der Waals surface area contributed by atoms with Crippen LogP contribution in [-0.2, 0) is 4.74 Å². The molecule has 1 aromatic carbocycles. The van der Waals surface area contributed by atoms with Gasteiger partial charge in [0.1, 0.15) is 0 Å². The molecule has 1 aromatic heterocycles. The van der Waals surface area contributed by atoms with Crippen molar-refractivity contribution in [2.45, 2.75) is 6.92 Å². The fraction of sp³-hybridized carbons (Fsp3) is 0.312. The number of ether oxygens (including phenoxy) is 1. The highest BCUT2D eigenvalue weighted by Crippen LogP contribution is 2.15. The molecule has 0 bridgehead atoms. The number of aryl methyl sites for hydroxylation is 1. The molecular weight excluding hydrogens is 298 g/mol. The SMILES string of the molecule is Cc1cc(C(=O)Nc2cccc(C(=O)N3CCOCC3)c2)on1. The Morgan fingerprint density at radius 2 is 2.00 bits per heavy atom. The van der Waals surface area contributed by atoms with E-state index in [2.05, 4.69) is 10.5 Å². The normalized spacial score (nSPS) is 14.6. The lowest BCUT2D eigenvalue weighted by atomic mass is 10.1. The Labute approximate surface area is 133 Å². The maximum atomic E-state index is 12.4. The van der Waals surface area contributed by atoms with Gasteiger partial charge in [-0.2, -0.15) is 0 Å². The number of carbonyl (C=O) groups is 2. The first-order valence-electron chi connectivity index (χ1n) is 7.35. The number of carbonyl (C=O) groups excluding carboxylic acids is 2. The van der Waals surface area contributed by atoms with Gasteiger partial charge in [0.05, 0.1) is 18.9 Å². The second-order valence-electron chi connectivity index (χ2n) is 5.27. The molecule has 1 saturated heterocycles. The average Bonchev–Trinajstić information content (AvgIpc) is 3.02. The van der Waals surface area contributed by atoms with E-state index in [0.29, 0.717) is 43.2 Å². The summed E-state index contributed by atoms with van der Waals surface area (Å²) in [7, 11) is 0. The Morgan fingerprint density at radius 1 is 1.22 bits per heavy atom. The standard InChI is InChI=1S/C16H17N3O4/c1-11-9-14(23-18-11)15(20)17-13-4-2-3-12(10-13)16(21)19-5-7-22-8-6-19/h2-4,9-10H,5-8H2,1H3,(H,17,20). The van der Waals surface area contributed by atoms with Gasteiger partial charge in [-0.15, -0.1) is 0 Å². The maximum absolute atomic E-state index is 12.4. The number of rotatable bonds is 3. The highest BCUT2D eigenvalue weighted by molar-refractivity contribution is 6.03. The summed E-state index contributed by atoms with van der Waals surface area (Å²) < 4.78 is 10.2. The first kappa shape index (κ1) is 15.2. The maximum Gasteiger partial charge on any atom is 0.294 e. The molecule has 3 rings (SSSR count). The first-order valence-corrected chi connectivity index (χ1v) is 7.35.